The summed E-state index contributed by atoms with van der Waals surface area (Å²) < 4.78 is 43.6. The monoisotopic (exact) mass is 315 g/mol. The second-order valence-electron chi connectivity index (χ2n) is 4.19. The molecule has 4 N–H and O–H groups in total. The van der Waals surface area contributed by atoms with Gasteiger partial charge in [-0.25, -0.2) is 4.18 Å². The molecule has 0 aromatic rings. The lowest BCUT2D eigenvalue weighted by molar-refractivity contribution is -0.257. The Hall–Kier alpha value is -0.820. The Morgan fingerprint density at radius 2 is 2.00 bits per heavy atom. The summed E-state index contributed by atoms with van der Waals surface area (Å²) in [6.45, 7) is 0.521. The van der Waals surface area contributed by atoms with Crippen LogP contribution in [0.4, 0.5) is 0 Å². The van der Waals surface area contributed by atoms with Gasteiger partial charge in [-0.05, 0) is 0 Å². The van der Waals surface area contributed by atoms with Crippen molar-refractivity contribution in [3.05, 3.63) is 0 Å². The molecule has 0 aromatic heterocycles. The Morgan fingerprint density at radius 1 is 1.40 bits per heavy atom. The number of nitrogens with one attached hydrogen (secondary N) is 1. The summed E-state index contributed by atoms with van der Waals surface area (Å²) in [4.78, 5) is 11.0. The number of carbonyl (C=O) groups is 1. The van der Waals surface area contributed by atoms with Crippen LogP contribution in [0.2, 0.25) is 0 Å². The standard InChI is InChI=1S/C9H17NO9S/c1-4(11)10-6-7(12)8(17-2)5(19-9(6)13)3-18-20(14,15)16/h5-9,12-13H,3H2,1-2H3,(H,10,11)(H,14,15,16)/t5-,6?,7?,8+,9+/m0/s1. The summed E-state index contributed by atoms with van der Waals surface area (Å²) in [6, 6.07) is -1.14. The first-order valence-electron chi connectivity index (χ1n) is 5.59. The fourth-order valence-corrected chi connectivity index (χ4v) is 2.21. The number of rotatable bonds is 5. The van der Waals surface area contributed by atoms with Gasteiger partial charge >= 0.3 is 10.4 Å². The van der Waals surface area contributed by atoms with E-state index in [-0.39, 0.29) is 0 Å². The number of aliphatic hydroxyl groups is 2. The van der Waals surface area contributed by atoms with E-state index in [9.17, 15) is 23.4 Å². The van der Waals surface area contributed by atoms with Gasteiger partial charge in [0.25, 0.3) is 0 Å². The van der Waals surface area contributed by atoms with Crippen LogP contribution in [0.25, 0.3) is 0 Å². The molecule has 1 heterocycles. The van der Waals surface area contributed by atoms with Crippen molar-refractivity contribution in [1.82, 2.24) is 5.32 Å². The Kier molecular flexibility index (Phi) is 5.82. The van der Waals surface area contributed by atoms with E-state index in [1.165, 1.54) is 14.0 Å². The lowest BCUT2D eigenvalue weighted by atomic mass is 9.97. The molecular weight excluding hydrogens is 298 g/mol. The summed E-state index contributed by atoms with van der Waals surface area (Å²) in [5.74, 6) is -0.501. The number of hydrogen-bond acceptors (Lipinski definition) is 8. The molecule has 1 saturated heterocycles. The number of hydrogen-bond donors (Lipinski definition) is 4. The van der Waals surface area contributed by atoms with Crippen molar-refractivity contribution in [2.24, 2.45) is 0 Å². The van der Waals surface area contributed by atoms with Gasteiger partial charge in [0.1, 0.15) is 24.4 Å². The molecule has 0 spiro atoms. The molecule has 0 aromatic carbocycles. The molecule has 0 saturated carbocycles. The van der Waals surface area contributed by atoms with Gasteiger partial charge in [0.05, 0.1) is 6.61 Å². The third-order valence-electron chi connectivity index (χ3n) is 2.72. The maximum Gasteiger partial charge on any atom is 0.397 e. The molecule has 11 heteroatoms. The molecule has 0 aliphatic carbocycles. The first-order valence-corrected chi connectivity index (χ1v) is 6.95. The molecule has 1 rings (SSSR count). The van der Waals surface area contributed by atoms with Crippen LogP contribution in [-0.4, -0.2) is 73.5 Å². The lowest BCUT2D eigenvalue weighted by Gasteiger charge is -2.41. The van der Waals surface area contributed by atoms with Crippen LogP contribution in [-0.2, 0) is 28.9 Å². The second-order valence-corrected chi connectivity index (χ2v) is 5.29. The maximum atomic E-state index is 11.0. The van der Waals surface area contributed by atoms with Crippen LogP contribution in [0.3, 0.4) is 0 Å². The van der Waals surface area contributed by atoms with E-state index in [0.29, 0.717) is 0 Å². The minimum Gasteiger partial charge on any atom is -0.388 e. The van der Waals surface area contributed by atoms with E-state index in [1.54, 1.807) is 0 Å². The van der Waals surface area contributed by atoms with Gasteiger partial charge in [-0.15, -0.1) is 0 Å². The van der Waals surface area contributed by atoms with Crippen molar-refractivity contribution in [2.75, 3.05) is 13.7 Å². The fourth-order valence-electron chi connectivity index (χ4n) is 1.90. The molecule has 5 atom stereocenters. The highest BCUT2D eigenvalue weighted by atomic mass is 32.3. The van der Waals surface area contributed by atoms with Gasteiger partial charge in [-0.2, -0.15) is 8.42 Å². The molecule has 2 unspecified atom stereocenters. The number of ether oxygens (including phenoxy) is 2. The third-order valence-corrected chi connectivity index (χ3v) is 3.15. The van der Waals surface area contributed by atoms with E-state index in [4.69, 9.17) is 14.0 Å². The smallest absolute Gasteiger partial charge is 0.388 e. The lowest BCUT2D eigenvalue weighted by Crippen LogP contribution is -2.64. The zero-order chi connectivity index (χ0) is 15.5. The number of methoxy groups -OCH3 is 1. The molecule has 1 amide bonds. The Morgan fingerprint density at radius 3 is 2.45 bits per heavy atom. The largest absolute Gasteiger partial charge is 0.397 e. The van der Waals surface area contributed by atoms with E-state index < -0.39 is 53.6 Å². The summed E-state index contributed by atoms with van der Waals surface area (Å²) in [6.07, 6.45) is -5.17. The Labute approximate surface area is 115 Å². The summed E-state index contributed by atoms with van der Waals surface area (Å²) >= 11 is 0. The van der Waals surface area contributed by atoms with Gasteiger partial charge in [-0.3, -0.25) is 9.35 Å². The summed E-state index contributed by atoms with van der Waals surface area (Å²) in [5, 5.41) is 22.0. The SMILES string of the molecule is CO[C@H]1C(O)C(NC(C)=O)[C@H](O)O[C@H]1COS(=O)(=O)O. The van der Waals surface area contributed by atoms with E-state index >= 15 is 0 Å². The minimum absolute atomic E-state index is 0.501. The molecule has 1 aliphatic heterocycles. The zero-order valence-corrected chi connectivity index (χ0v) is 11.6. The number of aliphatic hydroxyl groups excluding tert-OH is 2. The predicted octanol–water partition coefficient (Wildman–Crippen LogP) is -2.60. The van der Waals surface area contributed by atoms with Gasteiger partial charge < -0.3 is 25.0 Å². The van der Waals surface area contributed by atoms with Crippen LogP contribution < -0.4 is 5.32 Å². The highest BCUT2D eigenvalue weighted by Crippen LogP contribution is 2.22. The first kappa shape index (κ1) is 17.2. The first-order chi connectivity index (χ1) is 9.15. The van der Waals surface area contributed by atoms with Gasteiger partial charge in [0, 0.05) is 14.0 Å². The van der Waals surface area contributed by atoms with E-state index in [2.05, 4.69) is 9.50 Å². The van der Waals surface area contributed by atoms with Gasteiger partial charge in [-0.1, -0.05) is 0 Å². The van der Waals surface area contributed by atoms with Crippen LogP contribution in [0.5, 0.6) is 0 Å². The van der Waals surface area contributed by atoms with E-state index in [1.807, 2.05) is 0 Å². The molecule has 0 bridgehead atoms. The quantitative estimate of drug-likeness (QED) is 0.400. The van der Waals surface area contributed by atoms with Crippen molar-refractivity contribution >= 4 is 16.3 Å². The van der Waals surface area contributed by atoms with Crippen LogP contribution in [0.1, 0.15) is 6.92 Å². The second kappa shape index (κ2) is 6.76. The van der Waals surface area contributed by atoms with E-state index in [0.717, 1.165) is 0 Å². The molecule has 0 radical (unpaired) electrons. The molecular formula is C9H17NO9S. The van der Waals surface area contributed by atoms with Crippen LogP contribution in [0.15, 0.2) is 0 Å². The van der Waals surface area contributed by atoms with Crippen LogP contribution in [0, 0.1) is 0 Å². The highest BCUT2D eigenvalue weighted by Gasteiger charge is 2.45. The normalized spacial score (nSPS) is 34.8. The van der Waals surface area contributed by atoms with Crippen molar-refractivity contribution in [3.63, 3.8) is 0 Å². The molecule has 20 heavy (non-hydrogen) atoms. The summed E-state index contributed by atoms with van der Waals surface area (Å²) in [7, 11) is -3.47. The summed E-state index contributed by atoms with van der Waals surface area (Å²) in [5.41, 5.74) is 0. The zero-order valence-electron chi connectivity index (χ0n) is 10.8. The molecule has 1 aliphatic rings. The number of carbonyl (C=O) groups excluding carboxylic acids is 1. The van der Waals surface area contributed by atoms with Crippen molar-refractivity contribution in [3.8, 4) is 0 Å². The van der Waals surface area contributed by atoms with Crippen molar-refractivity contribution in [2.45, 2.75) is 37.6 Å². The molecule has 1 fully saturated rings. The minimum atomic E-state index is -4.69. The third kappa shape index (κ3) is 4.63. The Balaban J connectivity index is 2.78. The van der Waals surface area contributed by atoms with Gasteiger partial charge in [0.2, 0.25) is 5.91 Å². The van der Waals surface area contributed by atoms with Crippen molar-refractivity contribution < 1.29 is 41.6 Å². The van der Waals surface area contributed by atoms with Crippen molar-refractivity contribution in [1.29, 1.82) is 0 Å². The molecule has 10 nitrogen and oxygen atoms in total. The average Bonchev–Trinajstić information content (AvgIpc) is 2.30. The fraction of sp³-hybridized carbons (Fsp3) is 0.889. The molecule has 118 valence electrons. The number of amides is 1. The van der Waals surface area contributed by atoms with Gasteiger partial charge in [0.15, 0.2) is 6.29 Å². The topological polar surface area (TPSA) is 152 Å². The predicted molar refractivity (Wildman–Crippen MR) is 62.8 cm³/mol. The Bertz CT molecular complexity index is 439. The highest BCUT2D eigenvalue weighted by molar-refractivity contribution is 7.80. The average molecular weight is 315 g/mol. The maximum absolute atomic E-state index is 11.0. The van der Waals surface area contributed by atoms with Crippen LogP contribution >= 0.6 is 0 Å².